The highest BCUT2D eigenvalue weighted by atomic mass is 16.1. The lowest BCUT2D eigenvalue weighted by Crippen LogP contribution is -2.45. The summed E-state index contributed by atoms with van der Waals surface area (Å²) in [5.41, 5.74) is 3.89. The highest BCUT2D eigenvalue weighted by Gasteiger charge is 2.49. The normalized spacial score (nSPS) is 36.9. The van der Waals surface area contributed by atoms with E-state index in [1.54, 1.807) is 11.1 Å². The van der Waals surface area contributed by atoms with E-state index in [1.165, 1.54) is 32.1 Å². The van der Waals surface area contributed by atoms with Crippen molar-refractivity contribution in [2.24, 2.45) is 28.6 Å². The zero-order chi connectivity index (χ0) is 15.3. The fraction of sp³-hybridized carbons (Fsp3) is 0.750. The van der Waals surface area contributed by atoms with Crippen molar-refractivity contribution in [1.29, 1.82) is 0 Å². The van der Waals surface area contributed by atoms with Crippen LogP contribution in [0.15, 0.2) is 23.3 Å². The van der Waals surface area contributed by atoms with Crippen molar-refractivity contribution in [2.75, 3.05) is 0 Å². The maximum absolute atomic E-state index is 11.1. The number of carbonyl (C=O) groups is 1. The van der Waals surface area contributed by atoms with Gasteiger partial charge in [-0.15, -0.1) is 0 Å². The number of carbonyl (C=O) groups excluding carboxylic acids is 1. The number of rotatable bonds is 2. The Kier molecular flexibility index (Phi) is 3.66. The Hall–Kier alpha value is -0.850. The molecule has 3 rings (SSSR count). The number of allylic oxidation sites excluding steroid dienone is 4. The average Bonchev–Trinajstić information content (AvgIpc) is 2.37. The molecular formula is C20H30O. The summed E-state index contributed by atoms with van der Waals surface area (Å²) < 4.78 is 0. The van der Waals surface area contributed by atoms with E-state index in [-0.39, 0.29) is 0 Å². The molecule has 21 heavy (non-hydrogen) atoms. The van der Waals surface area contributed by atoms with Crippen molar-refractivity contribution in [3.63, 3.8) is 0 Å². The molecule has 0 heterocycles. The van der Waals surface area contributed by atoms with Crippen molar-refractivity contribution >= 4 is 6.29 Å². The van der Waals surface area contributed by atoms with Gasteiger partial charge in [-0.05, 0) is 66.3 Å². The highest BCUT2D eigenvalue weighted by Crippen LogP contribution is 2.58. The third-order valence-electron chi connectivity index (χ3n) is 6.40. The Morgan fingerprint density at radius 3 is 2.71 bits per heavy atom. The van der Waals surface area contributed by atoms with E-state index in [9.17, 15) is 4.79 Å². The second-order valence-electron chi connectivity index (χ2n) is 8.80. The molecule has 0 radical (unpaired) electrons. The Bertz CT molecular complexity index is 492. The minimum atomic E-state index is 0.306. The first-order chi connectivity index (χ1) is 9.85. The van der Waals surface area contributed by atoms with Crippen LogP contribution in [0.2, 0.25) is 0 Å². The smallest absolute Gasteiger partial charge is 0.120 e. The number of hydrogen-bond acceptors (Lipinski definition) is 1. The van der Waals surface area contributed by atoms with Gasteiger partial charge in [-0.1, -0.05) is 45.4 Å². The van der Waals surface area contributed by atoms with Gasteiger partial charge in [-0.25, -0.2) is 0 Å². The molecule has 3 aliphatic carbocycles. The van der Waals surface area contributed by atoms with E-state index in [1.807, 2.05) is 0 Å². The van der Waals surface area contributed by atoms with Crippen molar-refractivity contribution in [3.8, 4) is 0 Å². The summed E-state index contributed by atoms with van der Waals surface area (Å²) in [5, 5.41) is 0. The molecule has 0 amide bonds. The Labute approximate surface area is 129 Å². The minimum absolute atomic E-state index is 0.306. The van der Waals surface area contributed by atoms with Gasteiger partial charge in [0.05, 0.1) is 0 Å². The van der Waals surface area contributed by atoms with Gasteiger partial charge in [-0.3, -0.25) is 0 Å². The largest absolute Gasteiger partial charge is 0.303 e. The van der Waals surface area contributed by atoms with Crippen LogP contribution in [0.4, 0.5) is 0 Å². The third-order valence-corrected chi connectivity index (χ3v) is 6.40. The summed E-state index contributed by atoms with van der Waals surface area (Å²) in [6.07, 6.45) is 13.3. The topological polar surface area (TPSA) is 17.1 Å². The predicted molar refractivity (Wildman–Crippen MR) is 88.0 cm³/mol. The van der Waals surface area contributed by atoms with Crippen LogP contribution in [0.1, 0.15) is 66.2 Å². The van der Waals surface area contributed by atoms with Gasteiger partial charge in [0.1, 0.15) is 6.29 Å². The monoisotopic (exact) mass is 286 g/mol. The minimum Gasteiger partial charge on any atom is -0.303 e. The van der Waals surface area contributed by atoms with E-state index in [2.05, 4.69) is 39.8 Å². The van der Waals surface area contributed by atoms with Crippen LogP contribution in [-0.4, -0.2) is 6.29 Å². The zero-order valence-corrected chi connectivity index (χ0v) is 14.1. The van der Waals surface area contributed by atoms with Crippen LogP contribution in [-0.2, 0) is 4.79 Å². The van der Waals surface area contributed by atoms with Crippen molar-refractivity contribution < 1.29 is 4.79 Å². The Balaban J connectivity index is 2.04. The predicted octanol–water partition coefficient (Wildman–Crippen LogP) is 5.32. The molecule has 1 nitrogen and oxygen atoms in total. The van der Waals surface area contributed by atoms with E-state index >= 15 is 0 Å². The van der Waals surface area contributed by atoms with E-state index in [0.29, 0.717) is 28.6 Å². The van der Waals surface area contributed by atoms with Crippen LogP contribution in [0, 0.1) is 28.6 Å². The van der Waals surface area contributed by atoms with Gasteiger partial charge >= 0.3 is 0 Å². The van der Waals surface area contributed by atoms with E-state index < -0.39 is 0 Å². The molecule has 116 valence electrons. The lowest BCUT2D eigenvalue weighted by molar-refractivity contribution is -0.109. The third kappa shape index (κ3) is 2.53. The number of fused-ring (bicyclic) bond motifs is 2. The molecule has 1 saturated carbocycles. The fourth-order valence-electron chi connectivity index (χ4n) is 5.50. The molecule has 3 unspecified atom stereocenters. The summed E-state index contributed by atoms with van der Waals surface area (Å²) in [5.74, 6) is 1.89. The molecule has 1 heteroatoms. The summed E-state index contributed by atoms with van der Waals surface area (Å²) in [4.78, 5) is 11.1. The standard InChI is InChI=1S/C20H30O/c1-19(2)10-8-17-16(13-19)12-15-7-5-6-14(9-11-21)18(15)20(17,3)4/h11-14,17-18H,5-10H2,1-4H3. The molecule has 1 fully saturated rings. The molecule has 0 aromatic rings. The molecular weight excluding hydrogens is 256 g/mol. The maximum atomic E-state index is 11.1. The summed E-state index contributed by atoms with van der Waals surface area (Å²) in [6, 6.07) is 0. The molecule has 0 aromatic heterocycles. The first-order valence-corrected chi connectivity index (χ1v) is 8.72. The second-order valence-corrected chi connectivity index (χ2v) is 8.80. The van der Waals surface area contributed by atoms with Gasteiger partial charge in [0.25, 0.3) is 0 Å². The SMILES string of the molecule is CC1(C)C=C2C=C3CCCC(CC=O)C3C(C)(C)C2CC1. The average molecular weight is 286 g/mol. The van der Waals surface area contributed by atoms with E-state index in [0.717, 1.165) is 12.7 Å². The molecule has 0 aliphatic heterocycles. The Morgan fingerprint density at radius 1 is 1.24 bits per heavy atom. The van der Waals surface area contributed by atoms with Gasteiger partial charge in [0.2, 0.25) is 0 Å². The van der Waals surface area contributed by atoms with Gasteiger partial charge in [0.15, 0.2) is 0 Å². The second kappa shape index (κ2) is 5.11. The molecule has 0 saturated heterocycles. The molecule has 0 aromatic carbocycles. The summed E-state index contributed by atoms with van der Waals surface area (Å²) in [7, 11) is 0. The lowest BCUT2D eigenvalue weighted by atomic mass is 9.51. The number of aldehydes is 1. The van der Waals surface area contributed by atoms with Crippen molar-refractivity contribution in [2.45, 2.75) is 66.2 Å². The van der Waals surface area contributed by atoms with Crippen LogP contribution >= 0.6 is 0 Å². The van der Waals surface area contributed by atoms with Gasteiger partial charge < -0.3 is 4.79 Å². The molecule has 3 atom stereocenters. The molecule has 3 aliphatic rings. The molecule has 0 bridgehead atoms. The first kappa shape index (κ1) is 15.1. The van der Waals surface area contributed by atoms with Crippen LogP contribution in [0.3, 0.4) is 0 Å². The van der Waals surface area contributed by atoms with Gasteiger partial charge in [0, 0.05) is 6.42 Å². The van der Waals surface area contributed by atoms with E-state index in [4.69, 9.17) is 0 Å². The van der Waals surface area contributed by atoms with Crippen LogP contribution in [0.5, 0.6) is 0 Å². The summed E-state index contributed by atoms with van der Waals surface area (Å²) in [6.45, 7) is 9.66. The Morgan fingerprint density at radius 2 is 2.00 bits per heavy atom. The molecule has 0 spiro atoms. The quantitative estimate of drug-likeness (QED) is 0.628. The van der Waals surface area contributed by atoms with Crippen molar-refractivity contribution in [1.82, 2.24) is 0 Å². The van der Waals surface area contributed by atoms with Crippen LogP contribution in [0.25, 0.3) is 0 Å². The zero-order valence-electron chi connectivity index (χ0n) is 14.1. The van der Waals surface area contributed by atoms with Crippen LogP contribution < -0.4 is 0 Å². The van der Waals surface area contributed by atoms with Crippen molar-refractivity contribution in [3.05, 3.63) is 23.3 Å². The highest BCUT2D eigenvalue weighted by molar-refractivity contribution is 5.50. The number of hydrogen-bond donors (Lipinski definition) is 0. The van der Waals surface area contributed by atoms with Gasteiger partial charge in [-0.2, -0.15) is 0 Å². The summed E-state index contributed by atoms with van der Waals surface area (Å²) >= 11 is 0. The first-order valence-electron chi connectivity index (χ1n) is 8.72. The molecule has 0 N–H and O–H groups in total. The lowest BCUT2D eigenvalue weighted by Gasteiger charge is -2.53. The maximum Gasteiger partial charge on any atom is 0.120 e. The fourth-order valence-corrected chi connectivity index (χ4v) is 5.50.